The third-order valence-corrected chi connectivity index (χ3v) is 5.34. The van der Waals surface area contributed by atoms with E-state index in [1.165, 1.54) is 32.4 Å². The Bertz CT molecular complexity index is 1110. The minimum atomic E-state index is -3.74. The van der Waals surface area contributed by atoms with E-state index in [0.717, 1.165) is 0 Å². The van der Waals surface area contributed by atoms with Crippen molar-refractivity contribution in [2.45, 2.75) is 11.4 Å². The van der Waals surface area contributed by atoms with E-state index in [9.17, 15) is 13.2 Å². The molecule has 0 aliphatic rings. The van der Waals surface area contributed by atoms with Crippen LogP contribution in [0.15, 0.2) is 58.2 Å². The van der Waals surface area contributed by atoms with Gasteiger partial charge < -0.3 is 14.5 Å². The molecule has 0 atom stereocenters. The highest BCUT2D eigenvalue weighted by atomic mass is 32.2. The summed E-state index contributed by atoms with van der Waals surface area (Å²) >= 11 is 0. The molecule has 1 heterocycles. The molecule has 7 nitrogen and oxygen atoms in total. The van der Waals surface area contributed by atoms with Gasteiger partial charge >= 0.3 is 0 Å². The lowest BCUT2D eigenvalue weighted by Crippen LogP contribution is -2.23. The van der Waals surface area contributed by atoms with Gasteiger partial charge in [-0.3, -0.25) is 4.79 Å². The zero-order valence-corrected chi connectivity index (χ0v) is 15.1. The van der Waals surface area contributed by atoms with Crippen LogP contribution in [0.3, 0.4) is 0 Å². The van der Waals surface area contributed by atoms with Crippen LogP contribution in [0.25, 0.3) is 10.9 Å². The van der Waals surface area contributed by atoms with Gasteiger partial charge in [0.25, 0.3) is 0 Å². The average Bonchev–Trinajstić information content (AvgIpc) is 2.65. The van der Waals surface area contributed by atoms with Crippen molar-refractivity contribution in [1.82, 2.24) is 9.71 Å². The molecule has 8 heteroatoms. The standard InChI is InChI=1S/C18H18N2O5S/c1-24-14-4-7-17(25-2)13(9-14)11-19-26(22,23)15-5-6-16-12(10-15)3-8-18(21)20-16/h3-10,19H,11H2,1-2H3,(H,20,21). The smallest absolute Gasteiger partial charge is 0.248 e. The number of H-pyrrole nitrogens is 1. The molecule has 2 aromatic carbocycles. The number of pyridine rings is 1. The number of hydrogen-bond donors (Lipinski definition) is 2. The molecule has 26 heavy (non-hydrogen) atoms. The van der Waals surface area contributed by atoms with Gasteiger partial charge in [0.15, 0.2) is 0 Å². The lowest BCUT2D eigenvalue weighted by Gasteiger charge is -2.12. The van der Waals surface area contributed by atoms with Gasteiger partial charge in [-0.05, 0) is 47.9 Å². The molecule has 0 aliphatic heterocycles. The maximum Gasteiger partial charge on any atom is 0.248 e. The molecule has 0 saturated heterocycles. The second kappa shape index (κ2) is 7.19. The number of aromatic amines is 1. The first kappa shape index (κ1) is 18.0. The Morgan fingerprint density at radius 1 is 1.00 bits per heavy atom. The van der Waals surface area contributed by atoms with Crippen LogP contribution in [0.5, 0.6) is 11.5 Å². The van der Waals surface area contributed by atoms with Crippen LogP contribution in [-0.4, -0.2) is 27.6 Å². The van der Waals surface area contributed by atoms with Crippen molar-refractivity contribution in [3.05, 3.63) is 64.4 Å². The van der Waals surface area contributed by atoms with Gasteiger partial charge in [-0.25, -0.2) is 13.1 Å². The third kappa shape index (κ3) is 3.71. The van der Waals surface area contributed by atoms with Gasteiger partial charge in [-0.2, -0.15) is 0 Å². The second-order valence-electron chi connectivity index (χ2n) is 5.57. The summed E-state index contributed by atoms with van der Waals surface area (Å²) in [6.07, 6.45) is 0. The molecule has 0 fully saturated rings. The first-order valence-electron chi connectivity index (χ1n) is 7.76. The fourth-order valence-corrected chi connectivity index (χ4v) is 3.62. The Labute approximate surface area is 150 Å². The predicted octanol–water partition coefficient (Wildman–Crippen LogP) is 2.02. The first-order valence-corrected chi connectivity index (χ1v) is 9.25. The highest BCUT2D eigenvalue weighted by Gasteiger charge is 2.16. The van der Waals surface area contributed by atoms with E-state index in [-0.39, 0.29) is 17.0 Å². The maximum atomic E-state index is 12.6. The van der Waals surface area contributed by atoms with E-state index in [2.05, 4.69) is 9.71 Å². The van der Waals surface area contributed by atoms with E-state index in [1.54, 1.807) is 30.3 Å². The van der Waals surface area contributed by atoms with Gasteiger partial charge in [0.05, 0.1) is 19.1 Å². The molecule has 0 saturated carbocycles. The SMILES string of the molecule is COc1ccc(OC)c(CNS(=O)(=O)c2ccc3[nH]c(=O)ccc3c2)c1. The number of aromatic nitrogens is 1. The van der Waals surface area contributed by atoms with Crippen LogP contribution in [0, 0.1) is 0 Å². The van der Waals surface area contributed by atoms with Crippen molar-refractivity contribution < 1.29 is 17.9 Å². The zero-order valence-electron chi connectivity index (χ0n) is 14.3. The molecule has 136 valence electrons. The van der Waals surface area contributed by atoms with Crippen molar-refractivity contribution >= 4 is 20.9 Å². The van der Waals surface area contributed by atoms with E-state index < -0.39 is 10.0 Å². The molecule has 0 spiro atoms. The summed E-state index contributed by atoms with van der Waals surface area (Å²) in [5.41, 5.74) is 0.989. The normalized spacial score (nSPS) is 11.5. The van der Waals surface area contributed by atoms with E-state index in [1.807, 2.05) is 0 Å². The van der Waals surface area contributed by atoms with Crippen molar-refractivity contribution in [2.75, 3.05) is 14.2 Å². The largest absolute Gasteiger partial charge is 0.497 e. The minimum absolute atomic E-state index is 0.0480. The summed E-state index contributed by atoms with van der Waals surface area (Å²) in [7, 11) is -0.688. The van der Waals surface area contributed by atoms with Gasteiger partial charge in [0.1, 0.15) is 11.5 Å². The zero-order chi connectivity index (χ0) is 18.7. The molecule has 1 aromatic heterocycles. The maximum absolute atomic E-state index is 12.6. The monoisotopic (exact) mass is 374 g/mol. The van der Waals surface area contributed by atoms with Crippen molar-refractivity contribution in [2.24, 2.45) is 0 Å². The lowest BCUT2D eigenvalue weighted by molar-refractivity contribution is 0.398. The van der Waals surface area contributed by atoms with Crippen LogP contribution in [0.2, 0.25) is 0 Å². The van der Waals surface area contributed by atoms with Gasteiger partial charge in [0, 0.05) is 23.7 Å². The predicted molar refractivity (Wildman–Crippen MR) is 98.1 cm³/mol. The van der Waals surface area contributed by atoms with E-state index >= 15 is 0 Å². The van der Waals surface area contributed by atoms with Gasteiger partial charge in [-0.15, -0.1) is 0 Å². The van der Waals surface area contributed by atoms with Crippen molar-refractivity contribution in [3.8, 4) is 11.5 Å². The molecular weight excluding hydrogens is 356 g/mol. The van der Waals surface area contributed by atoms with Gasteiger partial charge in [0.2, 0.25) is 15.6 Å². The highest BCUT2D eigenvalue weighted by molar-refractivity contribution is 7.89. The number of nitrogens with one attached hydrogen (secondary N) is 2. The number of ether oxygens (including phenoxy) is 2. The second-order valence-corrected chi connectivity index (χ2v) is 7.34. The Balaban J connectivity index is 1.88. The Morgan fingerprint density at radius 3 is 2.54 bits per heavy atom. The van der Waals surface area contributed by atoms with Crippen LogP contribution in [-0.2, 0) is 16.6 Å². The van der Waals surface area contributed by atoms with Crippen LogP contribution in [0.4, 0.5) is 0 Å². The number of benzene rings is 2. The summed E-state index contributed by atoms with van der Waals surface area (Å²) in [6.45, 7) is 0.0480. The Kier molecular flexibility index (Phi) is 4.97. The van der Waals surface area contributed by atoms with Crippen LogP contribution >= 0.6 is 0 Å². The fourth-order valence-electron chi connectivity index (χ4n) is 2.58. The number of rotatable bonds is 6. The summed E-state index contributed by atoms with van der Waals surface area (Å²) in [6, 6.07) is 12.6. The molecule has 3 rings (SSSR count). The summed E-state index contributed by atoms with van der Waals surface area (Å²) < 4.78 is 38.2. The van der Waals surface area contributed by atoms with E-state index in [4.69, 9.17) is 9.47 Å². The van der Waals surface area contributed by atoms with Crippen molar-refractivity contribution in [3.63, 3.8) is 0 Å². The fraction of sp³-hybridized carbons (Fsp3) is 0.167. The lowest BCUT2D eigenvalue weighted by atomic mass is 10.2. The quantitative estimate of drug-likeness (QED) is 0.688. The molecule has 0 bridgehead atoms. The molecular formula is C18H18N2O5S. The minimum Gasteiger partial charge on any atom is -0.497 e. The number of sulfonamides is 1. The molecule has 2 N–H and O–H groups in total. The van der Waals surface area contributed by atoms with E-state index in [0.29, 0.717) is 28.0 Å². The topological polar surface area (TPSA) is 97.5 Å². The first-order chi connectivity index (χ1) is 12.4. The highest BCUT2D eigenvalue weighted by Crippen LogP contribution is 2.24. The number of hydrogen-bond acceptors (Lipinski definition) is 5. The van der Waals surface area contributed by atoms with Crippen LogP contribution < -0.4 is 19.8 Å². The molecule has 3 aromatic rings. The molecule has 0 unspecified atom stereocenters. The average molecular weight is 374 g/mol. The molecule has 0 amide bonds. The summed E-state index contributed by atoms with van der Waals surface area (Å²) in [4.78, 5) is 14.1. The Morgan fingerprint density at radius 2 is 1.81 bits per heavy atom. The molecule has 0 radical (unpaired) electrons. The number of fused-ring (bicyclic) bond motifs is 1. The van der Waals surface area contributed by atoms with Gasteiger partial charge in [-0.1, -0.05) is 0 Å². The Hall–Kier alpha value is -2.84. The summed E-state index contributed by atoms with van der Waals surface area (Å²) in [5.74, 6) is 1.17. The molecule has 0 aliphatic carbocycles. The summed E-state index contributed by atoms with van der Waals surface area (Å²) in [5, 5.41) is 0.631. The third-order valence-electron chi connectivity index (χ3n) is 3.95. The number of methoxy groups -OCH3 is 2. The van der Waals surface area contributed by atoms with Crippen LogP contribution in [0.1, 0.15) is 5.56 Å². The van der Waals surface area contributed by atoms with Crippen molar-refractivity contribution in [1.29, 1.82) is 0 Å².